The molecule has 0 fully saturated rings. The summed E-state index contributed by atoms with van der Waals surface area (Å²) < 4.78 is 10.8. The minimum absolute atomic E-state index is 0.139. The minimum atomic E-state index is -0.436. The zero-order valence-corrected chi connectivity index (χ0v) is 17.7. The highest BCUT2D eigenvalue weighted by atomic mass is 35.5. The molecule has 30 heavy (non-hydrogen) atoms. The molecule has 3 rings (SSSR count). The summed E-state index contributed by atoms with van der Waals surface area (Å²) in [7, 11) is 0. The average molecular weight is 427 g/mol. The van der Waals surface area contributed by atoms with Crippen LogP contribution in [0.5, 0.6) is 5.75 Å². The Labute approximate surface area is 180 Å². The number of hydrogen-bond acceptors (Lipinski definition) is 4. The lowest BCUT2D eigenvalue weighted by Gasteiger charge is -2.15. The van der Waals surface area contributed by atoms with Gasteiger partial charge in [-0.3, -0.25) is 9.59 Å². The molecular weight excluding hydrogens is 404 g/mol. The molecule has 1 heterocycles. The van der Waals surface area contributed by atoms with Gasteiger partial charge < -0.3 is 19.8 Å². The van der Waals surface area contributed by atoms with Gasteiger partial charge in [0.1, 0.15) is 5.75 Å². The van der Waals surface area contributed by atoms with E-state index in [4.69, 9.17) is 20.8 Å². The van der Waals surface area contributed by atoms with Crippen molar-refractivity contribution in [3.05, 3.63) is 76.7 Å². The highest BCUT2D eigenvalue weighted by Crippen LogP contribution is 2.28. The highest BCUT2D eigenvalue weighted by molar-refractivity contribution is 6.34. The standard InChI is InChI=1S/C23H23ClN2O4/c1-14(2)17-8-6-15(3)11-21(17)30-13-22(27)25-16-7-9-18(24)19(12-16)26-23(28)20-5-4-10-29-20/h4-12,14H,13H2,1-3H3,(H,25,27)(H,26,28). The maximum Gasteiger partial charge on any atom is 0.291 e. The second-order valence-corrected chi connectivity index (χ2v) is 7.57. The topological polar surface area (TPSA) is 80.6 Å². The van der Waals surface area contributed by atoms with Crippen LogP contribution in [-0.4, -0.2) is 18.4 Å². The Morgan fingerprint density at radius 2 is 1.90 bits per heavy atom. The molecule has 2 N–H and O–H groups in total. The third kappa shape index (κ3) is 5.42. The van der Waals surface area contributed by atoms with Crippen LogP contribution in [0.25, 0.3) is 0 Å². The van der Waals surface area contributed by atoms with E-state index in [1.807, 2.05) is 25.1 Å². The molecule has 0 bridgehead atoms. The molecule has 6 nitrogen and oxygen atoms in total. The molecule has 0 saturated heterocycles. The molecular formula is C23H23ClN2O4. The van der Waals surface area contributed by atoms with Crippen molar-refractivity contribution >= 4 is 34.8 Å². The maximum absolute atomic E-state index is 12.4. The SMILES string of the molecule is Cc1ccc(C(C)C)c(OCC(=O)Nc2ccc(Cl)c(NC(=O)c3ccco3)c2)c1. The Hall–Kier alpha value is -3.25. The molecule has 2 amide bonds. The van der Waals surface area contributed by atoms with Crippen molar-refractivity contribution in [1.29, 1.82) is 0 Å². The van der Waals surface area contributed by atoms with E-state index in [-0.39, 0.29) is 24.2 Å². The van der Waals surface area contributed by atoms with E-state index < -0.39 is 5.91 Å². The van der Waals surface area contributed by atoms with Crippen LogP contribution in [-0.2, 0) is 4.79 Å². The number of ether oxygens (including phenoxy) is 1. The number of amides is 2. The number of aryl methyl sites for hydroxylation is 1. The zero-order valence-electron chi connectivity index (χ0n) is 17.0. The molecule has 1 aromatic heterocycles. The number of nitrogens with one attached hydrogen (secondary N) is 2. The average Bonchev–Trinajstić information content (AvgIpc) is 3.24. The maximum atomic E-state index is 12.4. The van der Waals surface area contributed by atoms with Crippen LogP contribution >= 0.6 is 11.6 Å². The molecule has 0 aliphatic heterocycles. The van der Waals surface area contributed by atoms with Gasteiger partial charge in [-0.2, -0.15) is 0 Å². The Bertz CT molecular complexity index is 1050. The number of carbonyl (C=O) groups excluding carboxylic acids is 2. The lowest BCUT2D eigenvalue weighted by atomic mass is 10.0. The predicted molar refractivity (Wildman–Crippen MR) is 118 cm³/mol. The smallest absolute Gasteiger partial charge is 0.291 e. The zero-order chi connectivity index (χ0) is 21.7. The first-order valence-corrected chi connectivity index (χ1v) is 9.89. The van der Waals surface area contributed by atoms with E-state index >= 15 is 0 Å². The molecule has 0 radical (unpaired) electrons. The molecule has 0 atom stereocenters. The van der Waals surface area contributed by atoms with E-state index in [1.54, 1.807) is 30.3 Å². The number of rotatable bonds is 7. The van der Waals surface area contributed by atoms with Crippen molar-refractivity contribution in [2.45, 2.75) is 26.7 Å². The van der Waals surface area contributed by atoms with Gasteiger partial charge in [0.25, 0.3) is 11.8 Å². The molecule has 2 aromatic carbocycles. The van der Waals surface area contributed by atoms with Crippen LogP contribution in [0.1, 0.15) is 41.4 Å². The van der Waals surface area contributed by atoms with Crippen molar-refractivity contribution in [2.75, 3.05) is 17.2 Å². The van der Waals surface area contributed by atoms with Gasteiger partial charge in [-0.05, 0) is 60.4 Å². The molecule has 0 unspecified atom stereocenters. The van der Waals surface area contributed by atoms with Crippen molar-refractivity contribution in [2.24, 2.45) is 0 Å². The molecule has 156 valence electrons. The fraction of sp³-hybridized carbons (Fsp3) is 0.217. The molecule has 0 aliphatic carbocycles. The van der Waals surface area contributed by atoms with Gasteiger partial charge in [-0.15, -0.1) is 0 Å². The highest BCUT2D eigenvalue weighted by Gasteiger charge is 2.13. The number of furan rings is 1. The lowest BCUT2D eigenvalue weighted by Crippen LogP contribution is -2.21. The van der Waals surface area contributed by atoms with Crippen molar-refractivity contribution < 1.29 is 18.7 Å². The second-order valence-electron chi connectivity index (χ2n) is 7.16. The van der Waals surface area contributed by atoms with E-state index in [1.165, 1.54) is 6.26 Å². The minimum Gasteiger partial charge on any atom is -0.483 e. The number of hydrogen-bond donors (Lipinski definition) is 2. The summed E-state index contributed by atoms with van der Waals surface area (Å²) in [6, 6.07) is 13.9. The van der Waals surface area contributed by atoms with Crippen LogP contribution in [0, 0.1) is 6.92 Å². The molecule has 0 saturated carbocycles. The Kier molecular flexibility index (Phi) is 6.79. The molecule has 0 aliphatic rings. The monoisotopic (exact) mass is 426 g/mol. The fourth-order valence-corrected chi connectivity index (χ4v) is 3.04. The quantitative estimate of drug-likeness (QED) is 0.512. The summed E-state index contributed by atoms with van der Waals surface area (Å²) in [6.45, 7) is 5.98. The van der Waals surface area contributed by atoms with Crippen molar-refractivity contribution in [3.63, 3.8) is 0 Å². The Morgan fingerprint density at radius 1 is 1.10 bits per heavy atom. The third-order valence-corrected chi connectivity index (χ3v) is 4.72. The van der Waals surface area contributed by atoms with Crippen LogP contribution in [0.3, 0.4) is 0 Å². The van der Waals surface area contributed by atoms with Crippen molar-refractivity contribution in [1.82, 2.24) is 0 Å². The van der Waals surface area contributed by atoms with Gasteiger partial charge in [-0.25, -0.2) is 0 Å². The summed E-state index contributed by atoms with van der Waals surface area (Å²) in [5, 5.41) is 5.76. The first-order valence-electron chi connectivity index (χ1n) is 9.51. The number of anilines is 2. The second kappa shape index (κ2) is 9.50. The molecule has 3 aromatic rings. The number of halogens is 1. The van der Waals surface area contributed by atoms with Crippen molar-refractivity contribution in [3.8, 4) is 5.75 Å². The van der Waals surface area contributed by atoms with Crippen LogP contribution in [0.15, 0.2) is 59.2 Å². The third-order valence-electron chi connectivity index (χ3n) is 4.39. The normalized spacial score (nSPS) is 10.7. The Balaban J connectivity index is 1.64. The van der Waals surface area contributed by atoms with Crippen LogP contribution in [0.2, 0.25) is 5.02 Å². The van der Waals surface area contributed by atoms with E-state index in [0.717, 1.165) is 11.1 Å². The largest absolute Gasteiger partial charge is 0.483 e. The van der Waals surface area contributed by atoms with Crippen LogP contribution < -0.4 is 15.4 Å². The number of carbonyl (C=O) groups is 2. The summed E-state index contributed by atoms with van der Waals surface area (Å²) in [4.78, 5) is 24.5. The summed E-state index contributed by atoms with van der Waals surface area (Å²) in [5.41, 5.74) is 2.95. The van der Waals surface area contributed by atoms with Gasteiger partial charge in [-0.1, -0.05) is 37.6 Å². The van der Waals surface area contributed by atoms with E-state index in [2.05, 4.69) is 24.5 Å². The fourth-order valence-electron chi connectivity index (χ4n) is 2.87. The van der Waals surface area contributed by atoms with Gasteiger partial charge in [0.15, 0.2) is 12.4 Å². The summed E-state index contributed by atoms with van der Waals surface area (Å²) in [6.07, 6.45) is 1.41. The summed E-state index contributed by atoms with van der Waals surface area (Å²) in [5.74, 6) is 0.377. The predicted octanol–water partition coefficient (Wildman–Crippen LogP) is 5.63. The van der Waals surface area contributed by atoms with E-state index in [0.29, 0.717) is 22.1 Å². The first-order chi connectivity index (χ1) is 14.3. The molecule has 7 heteroatoms. The van der Waals surface area contributed by atoms with Gasteiger partial charge in [0.05, 0.1) is 17.0 Å². The van der Waals surface area contributed by atoms with Gasteiger partial charge >= 0.3 is 0 Å². The lowest BCUT2D eigenvalue weighted by molar-refractivity contribution is -0.118. The summed E-state index contributed by atoms with van der Waals surface area (Å²) >= 11 is 6.16. The van der Waals surface area contributed by atoms with Gasteiger partial charge in [0, 0.05) is 5.69 Å². The Morgan fingerprint density at radius 3 is 2.60 bits per heavy atom. The van der Waals surface area contributed by atoms with Gasteiger partial charge in [0.2, 0.25) is 0 Å². The molecule has 0 spiro atoms. The number of benzene rings is 2. The first kappa shape index (κ1) is 21.5. The van der Waals surface area contributed by atoms with Crippen LogP contribution in [0.4, 0.5) is 11.4 Å². The van der Waals surface area contributed by atoms with E-state index in [9.17, 15) is 9.59 Å².